The molecule has 1 aliphatic heterocycles. The van der Waals surface area contributed by atoms with Gasteiger partial charge in [0.1, 0.15) is 0 Å². The molecular weight excluding hydrogens is 342 g/mol. The predicted octanol–water partition coefficient (Wildman–Crippen LogP) is 1.19. The fourth-order valence-corrected chi connectivity index (χ4v) is 3.14. The van der Waals surface area contributed by atoms with Crippen LogP contribution in [0, 0.1) is 12.8 Å². The van der Waals surface area contributed by atoms with Crippen molar-refractivity contribution in [2.45, 2.75) is 12.8 Å². The van der Waals surface area contributed by atoms with E-state index < -0.39 is 5.91 Å². The van der Waals surface area contributed by atoms with Crippen LogP contribution in [0.2, 0.25) is 0 Å². The van der Waals surface area contributed by atoms with Crippen molar-refractivity contribution >= 4 is 29.9 Å². The molecule has 0 aliphatic carbocycles. The fraction of sp³-hybridized carbons (Fsp3) is 0.353. The molecule has 3 rings (SSSR count). The SMILES string of the molecule is Cc1ccc(NC(=O)[C@H]2CNC[C@@H]2c2cnn(C)c2)cc1C(N)=O.Cl. The maximum Gasteiger partial charge on any atom is 0.249 e. The van der Waals surface area contributed by atoms with Crippen molar-refractivity contribution in [3.05, 3.63) is 47.3 Å². The molecule has 1 aromatic heterocycles. The molecule has 134 valence electrons. The highest BCUT2D eigenvalue weighted by atomic mass is 35.5. The Morgan fingerprint density at radius 1 is 1.36 bits per heavy atom. The number of nitrogens with one attached hydrogen (secondary N) is 2. The number of hydrogen-bond donors (Lipinski definition) is 3. The van der Waals surface area contributed by atoms with E-state index in [1.807, 2.05) is 20.2 Å². The molecule has 1 aromatic carbocycles. The summed E-state index contributed by atoms with van der Waals surface area (Å²) in [6.07, 6.45) is 3.74. The van der Waals surface area contributed by atoms with Gasteiger partial charge in [0.2, 0.25) is 11.8 Å². The van der Waals surface area contributed by atoms with Gasteiger partial charge in [-0.15, -0.1) is 12.4 Å². The highest BCUT2D eigenvalue weighted by Crippen LogP contribution is 2.29. The van der Waals surface area contributed by atoms with E-state index in [9.17, 15) is 9.59 Å². The summed E-state index contributed by atoms with van der Waals surface area (Å²) in [7, 11) is 1.86. The Bertz CT molecular complexity index is 789. The fourth-order valence-electron chi connectivity index (χ4n) is 3.14. The van der Waals surface area contributed by atoms with Crippen molar-refractivity contribution in [3.63, 3.8) is 0 Å². The van der Waals surface area contributed by atoms with Gasteiger partial charge in [-0.25, -0.2) is 0 Å². The first-order valence-corrected chi connectivity index (χ1v) is 7.86. The van der Waals surface area contributed by atoms with Gasteiger partial charge in [0.15, 0.2) is 0 Å². The molecule has 1 saturated heterocycles. The topological polar surface area (TPSA) is 102 Å². The minimum atomic E-state index is -0.501. The van der Waals surface area contributed by atoms with Gasteiger partial charge in [0.05, 0.1) is 12.1 Å². The summed E-state index contributed by atoms with van der Waals surface area (Å²) in [4.78, 5) is 24.1. The van der Waals surface area contributed by atoms with Gasteiger partial charge in [0, 0.05) is 43.5 Å². The van der Waals surface area contributed by atoms with Crippen LogP contribution in [-0.2, 0) is 11.8 Å². The van der Waals surface area contributed by atoms with Crippen LogP contribution in [0.15, 0.2) is 30.6 Å². The van der Waals surface area contributed by atoms with Gasteiger partial charge < -0.3 is 16.4 Å². The maximum absolute atomic E-state index is 12.7. The molecule has 0 radical (unpaired) electrons. The molecule has 2 amide bonds. The van der Waals surface area contributed by atoms with E-state index in [4.69, 9.17) is 5.73 Å². The quantitative estimate of drug-likeness (QED) is 0.759. The molecule has 4 N–H and O–H groups in total. The lowest BCUT2D eigenvalue weighted by atomic mass is 9.90. The van der Waals surface area contributed by atoms with Crippen molar-refractivity contribution < 1.29 is 9.59 Å². The number of nitrogens with zero attached hydrogens (tertiary/aromatic N) is 2. The summed E-state index contributed by atoms with van der Waals surface area (Å²) in [5.74, 6) is -0.681. The second-order valence-corrected chi connectivity index (χ2v) is 6.20. The van der Waals surface area contributed by atoms with Gasteiger partial charge in [-0.05, 0) is 30.2 Å². The Hall–Kier alpha value is -2.38. The van der Waals surface area contributed by atoms with Crippen LogP contribution in [0.1, 0.15) is 27.4 Å². The first-order chi connectivity index (χ1) is 11.5. The summed E-state index contributed by atoms with van der Waals surface area (Å²) in [6, 6.07) is 5.18. The molecule has 2 atom stereocenters. The number of aryl methyl sites for hydroxylation is 2. The lowest BCUT2D eigenvalue weighted by Gasteiger charge is -2.17. The molecular formula is C17H22ClN5O2. The number of nitrogens with two attached hydrogens (primary N) is 1. The monoisotopic (exact) mass is 363 g/mol. The standard InChI is InChI=1S/C17H21N5O2.ClH/c1-10-3-4-12(5-13(10)16(18)23)21-17(24)15-8-19-7-14(15)11-6-20-22(2)9-11;/h3-6,9,14-15,19H,7-8H2,1-2H3,(H2,18,23)(H,21,24);1H/t14-,15+;/m1./s1. The molecule has 2 heterocycles. The van der Waals surface area contributed by atoms with Crippen molar-refractivity contribution in [1.82, 2.24) is 15.1 Å². The number of rotatable bonds is 4. The number of benzene rings is 1. The van der Waals surface area contributed by atoms with E-state index in [2.05, 4.69) is 15.7 Å². The number of amides is 2. The lowest BCUT2D eigenvalue weighted by molar-refractivity contribution is -0.119. The molecule has 0 saturated carbocycles. The number of anilines is 1. The minimum absolute atomic E-state index is 0. The third-order valence-electron chi connectivity index (χ3n) is 4.47. The molecule has 2 aromatic rings. The zero-order chi connectivity index (χ0) is 17.3. The lowest BCUT2D eigenvalue weighted by Crippen LogP contribution is -2.28. The van der Waals surface area contributed by atoms with Gasteiger partial charge >= 0.3 is 0 Å². The van der Waals surface area contributed by atoms with Gasteiger partial charge in [-0.3, -0.25) is 14.3 Å². The summed E-state index contributed by atoms with van der Waals surface area (Å²) < 4.78 is 1.74. The normalized spacial score (nSPS) is 19.3. The van der Waals surface area contributed by atoms with Crippen LogP contribution >= 0.6 is 12.4 Å². The average Bonchev–Trinajstić information content (AvgIpc) is 3.17. The van der Waals surface area contributed by atoms with E-state index in [0.29, 0.717) is 17.8 Å². The van der Waals surface area contributed by atoms with E-state index >= 15 is 0 Å². The Morgan fingerprint density at radius 2 is 2.12 bits per heavy atom. The van der Waals surface area contributed by atoms with Crippen LogP contribution in [0.25, 0.3) is 0 Å². The molecule has 25 heavy (non-hydrogen) atoms. The number of carbonyl (C=O) groups excluding carboxylic acids is 2. The molecule has 7 nitrogen and oxygen atoms in total. The first-order valence-electron chi connectivity index (χ1n) is 7.86. The van der Waals surface area contributed by atoms with Crippen LogP contribution in [0.3, 0.4) is 0 Å². The van der Waals surface area contributed by atoms with Gasteiger partial charge in [-0.2, -0.15) is 5.10 Å². The number of hydrogen-bond acceptors (Lipinski definition) is 4. The Labute approximate surface area is 152 Å². The van der Waals surface area contributed by atoms with Crippen molar-refractivity contribution in [2.75, 3.05) is 18.4 Å². The third-order valence-corrected chi connectivity index (χ3v) is 4.47. The van der Waals surface area contributed by atoms with E-state index in [1.54, 1.807) is 29.1 Å². The van der Waals surface area contributed by atoms with E-state index in [-0.39, 0.29) is 30.2 Å². The van der Waals surface area contributed by atoms with E-state index in [0.717, 1.165) is 17.7 Å². The smallest absolute Gasteiger partial charge is 0.249 e. The second-order valence-electron chi connectivity index (χ2n) is 6.20. The molecule has 0 spiro atoms. The highest BCUT2D eigenvalue weighted by Gasteiger charge is 2.34. The van der Waals surface area contributed by atoms with Gasteiger partial charge in [0.25, 0.3) is 0 Å². The third kappa shape index (κ3) is 4.00. The average molecular weight is 364 g/mol. The maximum atomic E-state index is 12.7. The summed E-state index contributed by atoms with van der Waals surface area (Å²) >= 11 is 0. The number of aromatic nitrogens is 2. The predicted molar refractivity (Wildman–Crippen MR) is 97.9 cm³/mol. The van der Waals surface area contributed by atoms with Crippen LogP contribution < -0.4 is 16.4 Å². The summed E-state index contributed by atoms with van der Waals surface area (Å²) in [5, 5.41) is 10.3. The number of primary amides is 1. The molecule has 0 bridgehead atoms. The Morgan fingerprint density at radius 3 is 2.76 bits per heavy atom. The first kappa shape index (κ1) is 19.0. The van der Waals surface area contributed by atoms with Crippen molar-refractivity contribution in [2.24, 2.45) is 18.7 Å². The second kappa shape index (κ2) is 7.67. The highest BCUT2D eigenvalue weighted by molar-refractivity contribution is 5.98. The van der Waals surface area contributed by atoms with Gasteiger partial charge in [-0.1, -0.05) is 6.07 Å². The summed E-state index contributed by atoms with van der Waals surface area (Å²) in [6.45, 7) is 3.16. The number of carbonyl (C=O) groups is 2. The van der Waals surface area contributed by atoms with E-state index in [1.165, 1.54) is 0 Å². The molecule has 0 unspecified atom stereocenters. The largest absolute Gasteiger partial charge is 0.366 e. The number of halogens is 1. The zero-order valence-corrected chi connectivity index (χ0v) is 15.0. The Balaban J connectivity index is 0.00000225. The van der Waals surface area contributed by atoms with Crippen LogP contribution in [-0.4, -0.2) is 34.7 Å². The Kier molecular flexibility index (Phi) is 5.81. The van der Waals surface area contributed by atoms with Crippen LogP contribution in [0.4, 0.5) is 5.69 Å². The minimum Gasteiger partial charge on any atom is -0.366 e. The molecule has 1 aliphatic rings. The van der Waals surface area contributed by atoms with Crippen LogP contribution in [0.5, 0.6) is 0 Å². The molecule has 8 heteroatoms. The van der Waals surface area contributed by atoms with Crippen molar-refractivity contribution in [1.29, 1.82) is 0 Å². The van der Waals surface area contributed by atoms with Crippen molar-refractivity contribution in [3.8, 4) is 0 Å². The summed E-state index contributed by atoms with van der Waals surface area (Å²) in [5.41, 5.74) is 8.20. The zero-order valence-electron chi connectivity index (χ0n) is 14.2. The molecule has 1 fully saturated rings.